The molecule has 0 aromatic carbocycles. The normalized spacial score (nSPS) is 27.9. The van der Waals surface area contributed by atoms with Crippen molar-refractivity contribution in [2.45, 2.75) is 31.8 Å². The van der Waals surface area contributed by atoms with Crippen LogP contribution in [0.1, 0.15) is 19.8 Å². The Hall–Kier alpha value is -0.860. The van der Waals surface area contributed by atoms with Gasteiger partial charge >= 0.3 is 0 Å². The first kappa shape index (κ1) is 16.5. The second-order valence-corrected chi connectivity index (χ2v) is 7.91. The second kappa shape index (κ2) is 6.93. The Kier molecular flexibility index (Phi) is 5.45. The van der Waals surface area contributed by atoms with Crippen LogP contribution in [0.25, 0.3) is 0 Å². The first-order valence-electron chi connectivity index (χ1n) is 7.55. The number of likely N-dealkylation sites (tertiary alicyclic amines) is 1. The Balaban J connectivity index is 1.72. The van der Waals surface area contributed by atoms with E-state index in [9.17, 15) is 8.42 Å². The molecule has 1 saturated carbocycles. The number of guanidine groups is 1. The van der Waals surface area contributed by atoms with E-state index in [1.165, 1.54) is 12.8 Å². The molecule has 0 aromatic rings. The van der Waals surface area contributed by atoms with Crippen LogP contribution in [0.2, 0.25) is 0 Å². The van der Waals surface area contributed by atoms with Gasteiger partial charge in [-0.25, -0.2) is 13.1 Å². The third kappa shape index (κ3) is 5.44. The smallest absolute Gasteiger partial charge is 0.208 e. The van der Waals surface area contributed by atoms with Gasteiger partial charge in [0.15, 0.2) is 5.96 Å². The molecule has 122 valence electrons. The number of nitrogens with zero attached hydrogens (tertiary/aromatic N) is 2. The van der Waals surface area contributed by atoms with Crippen LogP contribution in [0.3, 0.4) is 0 Å². The van der Waals surface area contributed by atoms with Gasteiger partial charge in [-0.15, -0.1) is 0 Å². The molecule has 8 heteroatoms. The molecule has 0 bridgehead atoms. The lowest BCUT2D eigenvalue weighted by Crippen LogP contribution is -2.48. The monoisotopic (exact) mass is 317 g/mol. The van der Waals surface area contributed by atoms with Gasteiger partial charge in [-0.05, 0) is 18.8 Å². The Labute approximate surface area is 127 Å². The van der Waals surface area contributed by atoms with E-state index in [4.69, 9.17) is 0 Å². The quantitative estimate of drug-likeness (QED) is 0.339. The molecule has 1 aliphatic heterocycles. The zero-order valence-electron chi connectivity index (χ0n) is 13.1. The highest BCUT2D eigenvalue weighted by molar-refractivity contribution is 7.88. The fraction of sp³-hybridized carbons (Fsp3) is 0.923. The zero-order chi connectivity index (χ0) is 15.5. The van der Waals surface area contributed by atoms with Crippen molar-refractivity contribution in [3.05, 3.63) is 0 Å². The summed E-state index contributed by atoms with van der Waals surface area (Å²) >= 11 is 0. The van der Waals surface area contributed by atoms with Gasteiger partial charge in [-0.3, -0.25) is 9.89 Å². The van der Waals surface area contributed by atoms with Crippen LogP contribution in [0, 0.1) is 5.92 Å². The van der Waals surface area contributed by atoms with Crippen LogP contribution in [0.5, 0.6) is 0 Å². The minimum atomic E-state index is -3.13. The summed E-state index contributed by atoms with van der Waals surface area (Å²) in [5.74, 6) is 1.33. The summed E-state index contributed by atoms with van der Waals surface area (Å²) in [4.78, 5) is 6.76. The van der Waals surface area contributed by atoms with Crippen molar-refractivity contribution in [3.63, 3.8) is 0 Å². The summed E-state index contributed by atoms with van der Waals surface area (Å²) in [6.45, 7) is 5.34. The van der Waals surface area contributed by atoms with E-state index in [1.807, 2.05) is 0 Å². The molecule has 2 rings (SSSR count). The van der Waals surface area contributed by atoms with E-state index in [-0.39, 0.29) is 0 Å². The molecule has 2 aliphatic rings. The van der Waals surface area contributed by atoms with E-state index in [2.05, 4.69) is 32.2 Å². The molecule has 0 aromatic heterocycles. The van der Waals surface area contributed by atoms with Crippen molar-refractivity contribution >= 4 is 16.0 Å². The van der Waals surface area contributed by atoms with Crippen LogP contribution in [0.4, 0.5) is 0 Å². The molecule has 1 aliphatic carbocycles. The minimum Gasteiger partial charge on any atom is -0.355 e. The van der Waals surface area contributed by atoms with Gasteiger partial charge in [-0.1, -0.05) is 6.92 Å². The Bertz CT molecular complexity index is 475. The van der Waals surface area contributed by atoms with Crippen molar-refractivity contribution in [2.24, 2.45) is 10.9 Å². The number of rotatable bonds is 6. The van der Waals surface area contributed by atoms with Gasteiger partial charge in [0.1, 0.15) is 0 Å². The molecule has 2 atom stereocenters. The lowest BCUT2D eigenvalue weighted by atomic mass is 10.1. The van der Waals surface area contributed by atoms with Crippen molar-refractivity contribution in [1.82, 2.24) is 20.3 Å². The van der Waals surface area contributed by atoms with Crippen LogP contribution in [-0.2, 0) is 10.0 Å². The lowest BCUT2D eigenvalue weighted by Gasteiger charge is -2.20. The van der Waals surface area contributed by atoms with Gasteiger partial charge in [0, 0.05) is 45.3 Å². The third-order valence-electron chi connectivity index (χ3n) is 4.03. The predicted octanol–water partition coefficient (Wildman–Crippen LogP) is -0.817. The van der Waals surface area contributed by atoms with Crippen molar-refractivity contribution in [2.75, 3.05) is 39.5 Å². The summed E-state index contributed by atoms with van der Waals surface area (Å²) in [6, 6.07) is 1.20. The van der Waals surface area contributed by atoms with Gasteiger partial charge in [0.2, 0.25) is 10.0 Å². The van der Waals surface area contributed by atoms with Crippen molar-refractivity contribution in [1.29, 1.82) is 0 Å². The van der Waals surface area contributed by atoms with Crippen LogP contribution >= 0.6 is 0 Å². The number of sulfonamides is 1. The maximum absolute atomic E-state index is 11.0. The summed E-state index contributed by atoms with van der Waals surface area (Å²) in [5, 5.41) is 6.59. The summed E-state index contributed by atoms with van der Waals surface area (Å²) in [6.07, 6.45) is 3.83. The molecule has 7 nitrogen and oxygen atoms in total. The lowest BCUT2D eigenvalue weighted by molar-refractivity contribution is 0.315. The van der Waals surface area contributed by atoms with E-state index >= 15 is 0 Å². The molecular formula is C13H27N5O2S. The van der Waals surface area contributed by atoms with Crippen LogP contribution in [-0.4, -0.2) is 70.8 Å². The van der Waals surface area contributed by atoms with Gasteiger partial charge < -0.3 is 10.6 Å². The van der Waals surface area contributed by atoms with Crippen LogP contribution < -0.4 is 15.4 Å². The largest absolute Gasteiger partial charge is 0.355 e. The van der Waals surface area contributed by atoms with Crippen molar-refractivity contribution < 1.29 is 8.42 Å². The molecule has 0 amide bonds. The van der Waals surface area contributed by atoms with E-state index in [1.54, 1.807) is 7.05 Å². The number of aliphatic imine (C=N–C) groups is 1. The zero-order valence-corrected chi connectivity index (χ0v) is 13.9. The topological polar surface area (TPSA) is 85.8 Å². The van der Waals surface area contributed by atoms with Gasteiger partial charge in [0.05, 0.1) is 6.26 Å². The highest BCUT2D eigenvalue weighted by Gasteiger charge is 2.38. The molecule has 0 radical (unpaired) electrons. The molecule has 2 fully saturated rings. The molecule has 3 N–H and O–H groups in total. The highest BCUT2D eigenvalue weighted by Crippen LogP contribution is 2.31. The molecule has 21 heavy (non-hydrogen) atoms. The van der Waals surface area contributed by atoms with Gasteiger partial charge in [-0.2, -0.15) is 0 Å². The number of hydrogen-bond donors (Lipinski definition) is 3. The molecule has 0 spiro atoms. The minimum absolute atomic E-state index is 0.355. The summed E-state index contributed by atoms with van der Waals surface area (Å²) < 4.78 is 24.4. The number of hydrogen-bond acceptors (Lipinski definition) is 4. The van der Waals surface area contributed by atoms with Crippen molar-refractivity contribution in [3.8, 4) is 0 Å². The summed E-state index contributed by atoms with van der Waals surface area (Å²) in [7, 11) is -1.39. The first-order chi connectivity index (χ1) is 9.89. The average Bonchev–Trinajstić information content (AvgIpc) is 3.18. The fourth-order valence-corrected chi connectivity index (χ4v) is 3.19. The molecule has 1 heterocycles. The highest BCUT2D eigenvalue weighted by atomic mass is 32.2. The van der Waals surface area contributed by atoms with E-state index in [0.717, 1.165) is 31.3 Å². The maximum Gasteiger partial charge on any atom is 0.208 e. The molecular weight excluding hydrogens is 290 g/mol. The second-order valence-electron chi connectivity index (χ2n) is 6.08. The van der Waals surface area contributed by atoms with Gasteiger partial charge in [0.25, 0.3) is 0 Å². The summed E-state index contributed by atoms with van der Waals surface area (Å²) in [5.41, 5.74) is 0. The molecule has 1 saturated heterocycles. The van der Waals surface area contributed by atoms with Crippen LogP contribution in [0.15, 0.2) is 4.99 Å². The Morgan fingerprint density at radius 1 is 1.29 bits per heavy atom. The first-order valence-corrected chi connectivity index (χ1v) is 9.44. The Morgan fingerprint density at radius 2 is 2.00 bits per heavy atom. The van der Waals surface area contributed by atoms with E-state index in [0.29, 0.717) is 25.0 Å². The SMILES string of the molecule is CN=C(NCCNS(C)(=O)=O)NC1CN(C2CC2)CC1C. The van der Waals surface area contributed by atoms with E-state index < -0.39 is 10.0 Å². The fourth-order valence-electron chi connectivity index (χ4n) is 2.72. The maximum atomic E-state index is 11.0. The third-order valence-corrected chi connectivity index (χ3v) is 4.76. The Morgan fingerprint density at radius 3 is 2.57 bits per heavy atom. The molecule has 2 unspecified atom stereocenters. The predicted molar refractivity (Wildman–Crippen MR) is 84.9 cm³/mol. The standard InChI is InChI=1S/C13H27N5O2S/c1-10-8-18(11-4-5-11)9-12(10)17-13(14-2)15-6-7-16-21(3,19)20/h10-12,16H,4-9H2,1-3H3,(H2,14,15,17). The average molecular weight is 317 g/mol. The number of nitrogens with one attached hydrogen (secondary N) is 3.